The van der Waals surface area contributed by atoms with Crippen LogP contribution in [0.4, 0.5) is 9.93 Å². The van der Waals surface area contributed by atoms with Crippen molar-refractivity contribution in [2.45, 2.75) is 30.3 Å². The third kappa shape index (κ3) is 7.84. The quantitative estimate of drug-likeness (QED) is 0.248. The molecule has 0 saturated heterocycles. The predicted octanol–water partition coefficient (Wildman–Crippen LogP) is 2.60. The molecule has 11 nitrogen and oxygen atoms in total. The number of amides is 4. The van der Waals surface area contributed by atoms with Crippen LogP contribution in [0.1, 0.15) is 12.5 Å². The largest absolute Gasteiger partial charge is 0.343 e. The van der Waals surface area contributed by atoms with E-state index in [0.717, 1.165) is 11.3 Å². The van der Waals surface area contributed by atoms with Gasteiger partial charge in [0.1, 0.15) is 12.1 Å². The second kappa shape index (κ2) is 12.1. The average molecular weight is 569 g/mol. The van der Waals surface area contributed by atoms with Crippen LogP contribution in [0, 0.1) is 3.95 Å². The summed E-state index contributed by atoms with van der Waals surface area (Å²) in [5.74, 6) is -1.26. The first-order valence-corrected chi connectivity index (χ1v) is 13.4. The summed E-state index contributed by atoms with van der Waals surface area (Å²) in [5, 5.41) is 14.3. The van der Waals surface area contributed by atoms with Gasteiger partial charge in [-0.05, 0) is 49.0 Å². The number of rotatable bonds is 9. The SMILES string of the molecule is C[C@H](NC(=O)[C@H](Cc1ccccc1)NC(=O)NS(=O)(=O)c1ccc(Cl)cc1)C(=O)Nc1n[nH]c(=S)s1. The minimum Gasteiger partial charge on any atom is -0.343 e. The van der Waals surface area contributed by atoms with Crippen molar-refractivity contribution in [3.63, 3.8) is 0 Å². The molecule has 0 aliphatic carbocycles. The minimum atomic E-state index is -4.22. The van der Waals surface area contributed by atoms with E-state index >= 15 is 0 Å². The third-order valence-corrected chi connectivity index (χ3v) is 7.28. The van der Waals surface area contributed by atoms with Gasteiger partial charge in [0.25, 0.3) is 10.0 Å². The molecule has 5 N–H and O–H groups in total. The van der Waals surface area contributed by atoms with Crippen LogP contribution in [0.25, 0.3) is 0 Å². The molecule has 2 aromatic carbocycles. The Hall–Kier alpha value is -3.33. The van der Waals surface area contributed by atoms with Crippen molar-refractivity contribution in [3.8, 4) is 0 Å². The Morgan fingerprint density at radius 2 is 1.72 bits per heavy atom. The zero-order chi connectivity index (χ0) is 26.3. The molecule has 190 valence electrons. The van der Waals surface area contributed by atoms with Gasteiger partial charge in [0, 0.05) is 11.4 Å². The highest BCUT2D eigenvalue weighted by Crippen LogP contribution is 2.14. The molecule has 0 radical (unpaired) electrons. The highest BCUT2D eigenvalue weighted by molar-refractivity contribution is 7.90. The Labute approximate surface area is 220 Å². The number of aromatic amines is 1. The Bertz CT molecular complexity index is 1390. The molecule has 4 amide bonds. The van der Waals surface area contributed by atoms with E-state index in [4.69, 9.17) is 23.8 Å². The predicted molar refractivity (Wildman–Crippen MR) is 138 cm³/mol. The molecule has 0 aliphatic rings. The van der Waals surface area contributed by atoms with Crippen molar-refractivity contribution in [2.24, 2.45) is 0 Å². The second-order valence-electron chi connectivity index (χ2n) is 7.41. The molecule has 0 saturated carbocycles. The van der Waals surface area contributed by atoms with Gasteiger partial charge in [0.15, 0.2) is 3.95 Å². The molecule has 3 aromatic rings. The summed E-state index contributed by atoms with van der Waals surface area (Å²) < 4.78 is 27.3. The van der Waals surface area contributed by atoms with Crippen LogP contribution >= 0.6 is 35.2 Å². The van der Waals surface area contributed by atoms with Gasteiger partial charge < -0.3 is 10.6 Å². The smallest absolute Gasteiger partial charge is 0.329 e. The van der Waals surface area contributed by atoms with Crippen molar-refractivity contribution in [2.75, 3.05) is 5.32 Å². The molecule has 1 aromatic heterocycles. The van der Waals surface area contributed by atoms with Crippen LogP contribution < -0.4 is 20.7 Å². The van der Waals surface area contributed by atoms with Crippen molar-refractivity contribution in [3.05, 3.63) is 69.1 Å². The van der Waals surface area contributed by atoms with Gasteiger partial charge in [0.05, 0.1) is 4.90 Å². The number of halogens is 1. The van der Waals surface area contributed by atoms with Gasteiger partial charge in [0.2, 0.25) is 16.9 Å². The van der Waals surface area contributed by atoms with E-state index in [1.807, 2.05) is 4.72 Å². The zero-order valence-electron chi connectivity index (χ0n) is 18.6. The number of carbonyl (C=O) groups is 3. The van der Waals surface area contributed by atoms with Gasteiger partial charge in [-0.3, -0.25) is 20.0 Å². The fourth-order valence-corrected chi connectivity index (χ4v) is 4.75. The topological polar surface area (TPSA) is 162 Å². The maximum Gasteiger partial charge on any atom is 0.329 e. The molecule has 0 fully saturated rings. The first-order valence-electron chi connectivity index (χ1n) is 10.3. The molecular formula is C21H21ClN6O5S3. The van der Waals surface area contributed by atoms with E-state index in [0.29, 0.717) is 14.5 Å². The van der Waals surface area contributed by atoms with E-state index in [2.05, 4.69) is 26.1 Å². The maximum absolute atomic E-state index is 13.0. The molecular weight excluding hydrogens is 548 g/mol. The molecule has 15 heteroatoms. The molecule has 1 heterocycles. The molecule has 36 heavy (non-hydrogen) atoms. The van der Waals surface area contributed by atoms with Crippen molar-refractivity contribution >= 4 is 68.2 Å². The lowest BCUT2D eigenvalue weighted by atomic mass is 10.1. The number of hydrogen-bond acceptors (Lipinski definition) is 8. The van der Waals surface area contributed by atoms with Gasteiger partial charge in [-0.2, -0.15) is 0 Å². The summed E-state index contributed by atoms with van der Waals surface area (Å²) >= 11 is 11.7. The third-order valence-electron chi connectivity index (χ3n) is 4.68. The minimum absolute atomic E-state index is 0.0379. The summed E-state index contributed by atoms with van der Waals surface area (Å²) in [7, 11) is -4.22. The number of anilines is 1. The lowest BCUT2D eigenvalue weighted by molar-refractivity contribution is -0.127. The van der Waals surface area contributed by atoms with Crippen molar-refractivity contribution in [1.29, 1.82) is 0 Å². The molecule has 0 bridgehead atoms. The number of hydrogen-bond donors (Lipinski definition) is 5. The summed E-state index contributed by atoms with van der Waals surface area (Å²) in [6.07, 6.45) is 0.0379. The van der Waals surface area contributed by atoms with Gasteiger partial charge in [-0.25, -0.2) is 17.9 Å². The van der Waals surface area contributed by atoms with Gasteiger partial charge >= 0.3 is 6.03 Å². The number of nitrogens with one attached hydrogen (secondary N) is 5. The molecule has 3 rings (SSSR count). The second-order valence-corrected chi connectivity index (χ2v) is 11.2. The van der Waals surface area contributed by atoms with Crippen molar-refractivity contribution < 1.29 is 22.8 Å². The van der Waals surface area contributed by atoms with E-state index in [9.17, 15) is 22.8 Å². The van der Waals surface area contributed by atoms with Crippen LogP contribution in [-0.2, 0) is 26.0 Å². The standard InChI is InChI=1S/C21H21ClN6O5S3/c1-12(17(29)25-20-26-27-21(34)35-20)23-18(30)16(11-13-5-3-2-4-6-13)24-19(31)28-36(32,33)15-9-7-14(22)8-10-15/h2-10,12,16H,11H2,1H3,(H,23,30)(H,27,34)(H2,24,28,31)(H,25,26,29)/t12-,16-/m0/s1. The number of carbonyl (C=O) groups excluding carboxylic acids is 3. The number of sulfonamides is 1. The molecule has 0 spiro atoms. The van der Waals surface area contributed by atoms with Crippen LogP contribution in [0.15, 0.2) is 59.5 Å². The highest BCUT2D eigenvalue weighted by atomic mass is 35.5. The van der Waals surface area contributed by atoms with E-state index in [-0.39, 0.29) is 16.4 Å². The lowest BCUT2D eigenvalue weighted by Crippen LogP contribution is -2.54. The van der Waals surface area contributed by atoms with E-state index < -0.39 is 40.0 Å². The van der Waals surface area contributed by atoms with Gasteiger partial charge in [-0.1, -0.05) is 53.3 Å². The number of urea groups is 1. The van der Waals surface area contributed by atoms with Crippen LogP contribution in [-0.4, -0.2) is 48.5 Å². The van der Waals surface area contributed by atoms with E-state index in [1.165, 1.54) is 31.2 Å². The number of benzene rings is 2. The highest BCUT2D eigenvalue weighted by Gasteiger charge is 2.27. The normalized spacial score (nSPS) is 12.7. The first kappa shape index (κ1) is 27.3. The Balaban J connectivity index is 1.70. The van der Waals surface area contributed by atoms with Crippen molar-refractivity contribution in [1.82, 2.24) is 25.6 Å². The first-order chi connectivity index (χ1) is 17.0. The fourth-order valence-electron chi connectivity index (χ4n) is 2.92. The summed E-state index contributed by atoms with van der Waals surface area (Å²) in [5.41, 5.74) is 0.701. The zero-order valence-corrected chi connectivity index (χ0v) is 21.9. The van der Waals surface area contributed by atoms with Crippen LogP contribution in [0.5, 0.6) is 0 Å². The summed E-state index contributed by atoms with van der Waals surface area (Å²) in [6.45, 7) is 1.45. The molecule has 0 aliphatic heterocycles. The summed E-state index contributed by atoms with van der Waals surface area (Å²) in [4.78, 5) is 37.8. The van der Waals surface area contributed by atoms with Crippen LogP contribution in [0.2, 0.25) is 5.02 Å². The lowest BCUT2D eigenvalue weighted by Gasteiger charge is -2.21. The molecule has 0 unspecified atom stereocenters. The number of aromatic nitrogens is 2. The fraction of sp³-hybridized carbons (Fsp3) is 0.190. The average Bonchev–Trinajstić information content (AvgIpc) is 3.23. The number of H-pyrrole nitrogens is 1. The van der Waals surface area contributed by atoms with Crippen LogP contribution in [0.3, 0.4) is 0 Å². The Morgan fingerprint density at radius 1 is 1.06 bits per heavy atom. The monoisotopic (exact) mass is 568 g/mol. The molecule has 2 atom stereocenters. The summed E-state index contributed by atoms with van der Waals surface area (Å²) in [6, 6.07) is 10.7. The van der Waals surface area contributed by atoms with Gasteiger partial charge in [-0.15, -0.1) is 5.10 Å². The van der Waals surface area contributed by atoms with E-state index in [1.54, 1.807) is 30.3 Å². The Kier molecular flexibility index (Phi) is 9.14. The maximum atomic E-state index is 13.0. The Morgan fingerprint density at radius 3 is 2.33 bits per heavy atom. The number of nitrogens with zero attached hydrogens (tertiary/aromatic N) is 1.